The van der Waals surface area contributed by atoms with E-state index in [2.05, 4.69) is 81.2 Å². The average molecular weight is 643 g/mol. The Morgan fingerprint density at radius 1 is 1.09 bits per heavy atom. The lowest BCUT2D eigenvalue weighted by molar-refractivity contribution is -0.336. The highest BCUT2D eigenvalue weighted by atomic mass is 28.4. The lowest BCUT2D eigenvalue weighted by Gasteiger charge is -2.52. The summed E-state index contributed by atoms with van der Waals surface area (Å²) in [6.07, 6.45) is 3.30. The maximum absolute atomic E-state index is 13.7. The van der Waals surface area contributed by atoms with Gasteiger partial charge in [-0.1, -0.05) is 54.5 Å². The second-order valence-electron chi connectivity index (χ2n) is 15.7. The lowest BCUT2D eigenvalue weighted by atomic mass is 9.87. The van der Waals surface area contributed by atoms with E-state index in [1.54, 1.807) is 13.2 Å². The highest BCUT2D eigenvalue weighted by Gasteiger charge is 2.59. The highest BCUT2D eigenvalue weighted by molar-refractivity contribution is 6.74. The van der Waals surface area contributed by atoms with E-state index in [4.69, 9.17) is 27.8 Å². The fourth-order valence-electron chi connectivity index (χ4n) is 5.35. The van der Waals surface area contributed by atoms with Gasteiger partial charge in [0.1, 0.15) is 30.7 Å². The van der Waals surface area contributed by atoms with Crippen LogP contribution in [0, 0.1) is 11.8 Å². The molecule has 8 nitrogen and oxygen atoms in total. The molecular formula is C33H62O8Si2. The molecule has 0 amide bonds. The smallest absolute Gasteiger partial charge is 0.311 e. The molecule has 1 unspecified atom stereocenters. The molecule has 2 fully saturated rings. The zero-order valence-corrected chi connectivity index (χ0v) is 31.4. The second-order valence-corrected chi connectivity index (χ2v) is 25.2. The van der Waals surface area contributed by atoms with Gasteiger partial charge in [0.15, 0.2) is 16.6 Å². The first-order valence-electron chi connectivity index (χ1n) is 16.1. The molecule has 250 valence electrons. The SMILES string of the molecule is C=C[C@H]1OC([C@]2(OC)OCC[C@@H](C)[C@H]2O[Si](C)(C)C(C)(C)C)C[C@H]1OC(=O)[C@@H](C)[C@@H](CCCC=O)O[Si](C)(C)C(C)(C)C. The van der Waals surface area contributed by atoms with Crippen LogP contribution in [0.3, 0.4) is 0 Å². The van der Waals surface area contributed by atoms with E-state index < -0.39 is 46.7 Å². The van der Waals surface area contributed by atoms with Crippen molar-refractivity contribution in [3.05, 3.63) is 12.7 Å². The summed E-state index contributed by atoms with van der Waals surface area (Å²) < 4.78 is 39.0. The number of aldehydes is 1. The molecule has 0 spiro atoms. The molecule has 0 bridgehead atoms. The van der Waals surface area contributed by atoms with Gasteiger partial charge in [0, 0.05) is 20.0 Å². The predicted molar refractivity (Wildman–Crippen MR) is 176 cm³/mol. The van der Waals surface area contributed by atoms with Crippen LogP contribution in [0.25, 0.3) is 0 Å². The summed E-state index contributed by atoms with van der Waals surface area (Å²) in [5.41, 5.74) is 0. The van der Waals surface area contributed by atoms with Crippen molar-refractivity contribution in [2.45, 2.75) is 160 Å². The fourth-order valence-corrected chi connectivity index (χ4v) is 8.16. The summed E-state index contributed by atoms with van der Waals surface area (Å²) in [6, 6.07) is 0. The molecule has 2 aliphatic rings. The van der Waals surface area contributed by atoms with E-state index in [1.165, 1.54) is 0 Å². The van der Waals surface area contributed by atoms with Gasteiger partial charge in [-0.05, 0) is 68.4 Å². The first-order chi connectivity index (χ1) is 19.7. The molecule has 2 aliphatic heterocycles. The van der Waals surface area contributed by atoms with Crippen LogP contribution in [0.4, 0.5) is 0 Å². The first kappa shape index (κ1) is 38.3. The van der Waals surface area contributed by atoms with Crippen molar-refractivity contribution in [1.29, 1.82) is 0 Å². The fraction of sp³-hybridized carbons (Fsp3) is 0.879. The number of methoxy groups -OCH3 is 1. The number of rotatable bonds is 14. The molecule has 0 aromatic carbocycles. The standard InChI is InChI=1S/C33H62O8Si2/c1-15-25-27(39-30(35)24(3)26(18-16-17-20-34)40-42(11,12)31(4,5)6)22-28(38-25)33(36-10)29(23(2)19-21-37-33)41-43(13,14)32(7,8)9/h15,20,23-29H,1,16-19,21-22H2,2-14H3/t23-,24+,25-,26-,27-,28?,29-,33+/m1/s1. The number of carbonyl (C=O) groups excluding carboxylic acids is 2. The van der Waals surface area contributed by atoms with E-state index in [0.29, 0.717) is 32.3 Å². The first-order valence-corrected chi connectivity index (χ1v) is 22.0. The molecule has 10 heteroatoms. The molecule has 0 radical (unpaired) electrons. The zero-order valence-electron chi connectivity index (χ0n) is 29.4. The van der Waals surface area contributed by atoms with Crippen molar-refractivity contribution in [2.24, 2.45) is 11.8 Å². The van der Waals surface area contributed by atoms with E-state index in [1.807, 2.05) is 6.92 Å². The molecule has 43 heavy (non-hydrogen) atoms. The van der Waals surface area contributed by atoms with Gasteiger partial charge in [-0.2, -0.15) is 0 Å². The summed E-state index contributed by atoms with van der Waals surface area (Å²) >= 11 is 0. The van der Waals surface area contributed by atoms with Crippen molar-refractivity contribution in [1.82, 2.24) is 0 Å². The third-order valence-electron chi connectivity index (χ3n) is 10.4. The van der Waals surface area contributed by atoms with Gasteiger partial charge in [0.05, 0.1) is 18.6 Å². The number of hydrogen-bond acceptors (Lipinski definition) is 8. The maximum atomic E-state index is 13.7. The van der Waals surface area contributed by atoms with Crippen molar-refractivity contribution in [3.63, 3.8) is 0 Å². The zero-order chi connectivity index (χ0) is 33.0. The molecule has 2 saturated heterocycles. The number of esters is 1. The Kier molecular flexibility index (Phi) is 13.1. The Bertz CT molecular complexity index is 940. The van der Waals surface area contributed by atoms with E-state index in [0.717, 1.165) is 12.7 Å². The number of hydrogen-bond donors (Lipinski definition) is 0. The number of unbranched alkanes of at least 4 members (excludes halogenated alkanes) is 1. The van der Waals surface area contributed by atoms with E-state index in [-0.39, 0.29) is 34.2 Å². The maximum Gasteiger partial charge on any atom is 0.311 e. The van der Waals surface area contributed by atoms with Gasteiger partial charge in [-0.25, -0.2) is 0 Å². The van der Waals surface area contributed by atoms with Gasteiger partial charge in [-0.3, -0.25) is 4.79 Å². The molecule has 0 aromatic heterocycles. The minimum absolute atomic E-state index is 0.00673. The van der Waals surface area contributed by atoms with Crippen molar-refractivity contribution < 1.29 is 37.4 Å². The van der Waals surface area contributed by atoms with Crippen LogP contribution in [0.1, 0.15) is 87.5 Å². The summed E-state index contributed by atoms with van der Waals surface area (Å²) in [6.45, 7) is 30.6. The number of ether oxygens (including phenoxy) is 4. The molecule has 0 saturated carbocycles. The summed E-state index contributed by atoms with van der Waals surface area (Å²) in [7, 11) is -2.72. The second kappa shape index (κ2) is 14.7. The summed E-state index contributed by atoms with van der Waals surface area (Å²) in [4.78, 5) is 24.7. The third kappa shape index (κ3) is 8.89. The van der Waals surface area contributed by atoms with Gasteiger partial charge < -0.3 is 32.6 Å². The molecule has 0 aromatic rings. The normalized spacial score (nSPS) is 30.5. The van der Waals surface area contributed by atoms with Crippen LogP contribution in [0.15, 0.2) is 12.7 Å². The molecule has 2 rings (SSSR count). The van der Waals surface area contributed by atoms with Crippen molar-refractivity contribution >= 4 is 28.9 Å². The van der Waals surface area contributed by atoms with Gasteiger partial charge in [-0.15, -0.1) is 6.58 Å². The largest absolute Gasteiger partial charge is 0.459 e. The summed E-state index contributed by atoms with van der Waals surface area (Å²) in [5, 5.41) is -0.0125. The van der Waals surface area contributed by atoms with Crippen molar-refractivity contribution in [2.75, 3.05) is 13.7 Å². The predicted octanol–water partition coefficient (Wildman–Crippen LogP) is 7.43. The van der Waals surface area contributed by atoms with Crippen LogP contribution >= 0.6 is 0 Å². The average Bonchev–Trinajstić information content (AvgIpc) is 3.30. The molecule has 0 aliphatic carbocycles. The van der Waals surface area contributed by atoms with E-state index >= 15 is 0 Å². The van der Waals surface area contributed by atoms with Crippen LogP contribution in [-0.2, 0) is 37.4 Å². The van der Waals surface area contributed by atoms with Crippen molar-refractivity contribution in [3.8, 4) is 0 Å². The Hall–Kier alpha value is -0.886. The minimum atomic E-state index is -2.19. The summed E-state index contributed by atoms with van der Waals surface area (Å²) in [5.74, 6) is -1.80. The Labute approximate surface area is 264 Å². The Morgan fingerprint density at radius 2 is 1.70 bits per heavy atom. The Morgan fingerprint density at radius 3 is 2.21 bits per heavy atom. The third-order valence-corrected chi connectivity index (χ3v) is 19.4. The minimum Gasteiger partial charge on any atom is -0.459 e. The lowest BCUT2D eigenvalue weighted by Crippen LogP contribution is -2.64. The topological polar surface area (TPSA) is 89.5 Å². The molecule has 2 heterocycles. The molecule has 8 atom stereocenters. The monoisotopic (exact) mass is 642 g/mol. The quantitative estimate of drug-likeness (QED) is 0.0636. The van der Waals surface area contributed by atoms with Gasteiger partial charge >= 0.3 is 5.97 Å². The van der Waals surface area contributed by atoms with Crippen LogP contribution in [0.2, 0.25) is 36.3 Å². The highest BCUT2D eigenvalue weighted by Crippen LogP contribution is 2.46. The number of carbonyl (C=O) groups is 2. The molecule has 0 N–H and O–H groups in total. The van der Waals surface area contributed by atoms with Crippen LogP contribution in [0.5, 0.6) is 0 Å². The van der Waals surface area contributed by atoms with Gasteiger partial charge in [0.25, 0.3) is 0 Å². The van der Waals surface area contributed by atoms with E-state index in [9.17, 15) is 9.59 Å². The molecular weight excluding hydrogens is 581 g/mol. The Balaban J connectivity index is 2.30. The van der Waals surface area contributed by atoms with Crippen LogP contribution in [-0.4, -0.2) is 78.9 Å². The van der Waals surface area contributed by atoms with Gasteiger partial charge in [0.2, 0.25) is 5.79 Å². The van der Waals surface area contributed by atoms with Crippen LogP contribution < -0.4 is 0 Å².